The normalized spacial score (nSPS) is 11.0. The van der Waals surface area contributed by atoms with E-state index in [4.69, 9.17) is 33.3 Å². The van der Waals surface area contributed by atoms with Crippen molar-refractivity contribution in [2.75, 3.05) is 35.0 Å². The molecule has 0 atom stereocenters. The van der Waals surface area contributed by atoms with Gasteiger partial charge < -0.3 is 23.7 Å². The third-order valence-electron chi connectivity index (χ3n) is 6.91. The van der Waals surface area contributed by atoms with E-state index in [1.165, 1.54) is 22.7 Å². The molecule has 0 unspecified atom stereocenters. The summed E-state index contributed by atoms with van der Waals surface area (Å²) in [6.07, 6.45) is 0. The first-order valence-corrected chi connectivity index (χ1v) is 15.1. The lowest BCUT2D eigenvalue weighted by Crippen LogP contribution is -2.10. The summed E-state index contributed by atoms with van der Waals surface area (Å²) in [5.74, 6) is 1.95. The Morgan fingerprint density at radius 2 is 1.20 bits per heavy atom. The predicted octanol–water partition coefficient (Wildman–Crippen LogP) is 7.62. The minimum absolute atomic E-state index is 0.131. The van der Waals surface area contributed by atoms with Crippen molar-refractivity contribution in [2.45, 2.75) is 6.92 Å². The molecule has 0 fully saturated rings. The fourth-order valence-electron chi connectivity index (χ4n) is 4.82. The van der Waals surface area contributed by atoms with E-state index in [0.717, 1.165) is 30.6 Å². The maximum Gasteiger partial charge on any atom is 0.357 e. The smallest absolute Gasteiger partial charge is 0.357 e. The van der Waals surface area contributed by atoms with Crippen LogP contribution in [0, 0.1) is 0 Å². The van der Waals surface area contributed by atoms with E-state index in [9.17, 15) is 4.79 Å². The van der Waals surface area contributed by atoms with Gasteiger partial charge in [-0.3, -0.25) is 0 Å². The Bertz CT molecular complexity index is 1980. The quantitative estimate of drug-likeness (QED) is 0.140. The highest BCUT2D eigenvalue weighted by atomic mass is 32.1. The van der Waals surface area contributed by atoms with Crippen LogP contribution in [0.25, 0.3) is 52.9 Å². The first kappa shape index (κ1) is 29.1. The van der Waals surface area contributed by atoms with Gasteiger partial charge in [-0.15, -0.1) is 22.7 Å². The molecule has 0 aliphatic rings. The standard InChI is InChI=1S/C32H27N3O7S2/c1-6-41-32(36)30-27(25-13-11-23(43-25)17-7-9-19(37-2)21(15-17)39-4)29-31(35-42-34-29)28(33-30)26-14-12-24(44-26)18-8-10-20(38-3)22(16-18)40-5/h7-16H,6H2,1-5H3. The van der Waals surface area contributed by atoms with Crippen molar-refractivity contribution in [1.29, 1.82) is 0 Å². The second-order valence-corrected chi connectivity index (χ2v) is 11.5. The first-order chi connectivity index (χ1) is 21.5. The Labute approximate surface area is 260 Å². The molecule has 10 nitrogen and oxygen atoms in total. The highest BCUT2D eigenvalue weighted by molar-refractivity contribution is 7.19. The Morgan fingerprint density at radius 3 is 1.77 bits per heavy atom. The fraction of sp³-hybridized carbons (Fsp3) is 0.188. The lowest BCUT2D eigenvalue weighted by molar-refractivity contribution is 0.0521. The van der Waals surface area contributed by atoms with Crippen LogP contribution in [0.15, 0.2) is 65.3 Å². The summed E-state index contributed by atoms with van der Waals surface area (Å²) < 4.78 is 32.4. The van der Waals surface area contributed by atoms with Crippen molar-refractivity contribution in [3.05, 3.63) is 66.4 Å². The van der Waals surface area contributed by atoms with E-state index >= 15 is 0 Å². The van der Waals surface area contributed by atoms with Gasteiger partial charge in [-0.05, 0) is 89.0 Å². The number of carbonyl (C=O) groups excluding carboxylic acids is 1. The number of ether oxygens (including phenoxy) is 5. The Kier molecular flexibility index (Phi) is 8.18. The number of methoxy groups -OCH3 is 4. The monoisotopic (exact) mass is 629 g/mol. The highest BCUT2D eigenvalue weighted by Gasteiger charge is 2.27. The first-order valence-electron chi connectivity index (χ1n) is 13.5. The molecule has 4 heterocycles. The lowest BCUT2D eigenvalue weighted by Gasteiger charge is -2.10. The number of aromatic nitrogens is 3. The maximum absolute atomic E-state index is 13.4. The number of hydrogen-bond donors (Lipinski definition) is 0. The zero-order valence-corrected chi connectivity index (χ0v) is 26.1. The molecule has 0 bridgehead atoms. The molecule has 224 valence electrons. The minimum Gasteiger partial charge on any atom is -0.493 e. The topological polar surface area (TPSA) is 115 Å². The summed E-state index contributed by atoms with van der Waals surface area (Å²) in [5.41, 5.74) is 3.83. The van der Waals surface area contributed by atoms with Gasteiger partial charge in [0, 0.05) is 14.6 Å². The maximum atomic E-state index is 13.4. The minimum atomic E-state index is -0.564. The van der Waals surface area contributed by atoms with Gasteiger partial charge in [-0.2, -0.15) is 0 Å². The summed E-state index contributed by atoms with van der Waals surface area (Å²) in [6, 6.07) is 19.2. The van der Waals surface area contributed by atoms with E-state index < -0.39 is 5.97 Å². The second-order valence-electron chi connectivity index (χ2n) is 9.33. The van der Waals surface area contributed by atoms with Crippen molar-refractivity contribution in [1.82, 2.24) is 15.3 Å². The zero-order valence-electron chi connectivity index (χ0n) is 24.5. The van der Waals surface area contributed by atoms with Gasteiger partial charge in [0.05, 0.1) is 45.5 Å². The molecule has 0 aliphatic carbocycles. The molecular formula is C32H27N3O7S2. The number of carbonyl (C=O) groups is 1. The SMILES string of the molecule is CCOC(=O)c1nc(-c2ccc(-c3ccc(OC)c(OC)c3)s2)c2nonc2c1-c1ccc(-c2ccc(OC)c(OC)c2)s1. The Balaban J connectivity index is 1.46. The van der Waals surface area contributed by atoms with E-state index in [1.807, 2.05) is 60.7 Å². The molecule has 0 saturated carbocycles. The number of rotatable bonds is 10. The average molecular weight is 630 g/mol. The molecular weight excluding hydrogens is 603 g/mol. The van der Waals surface area contributed by atoms with Crippen LogP contribution in [0.2, 0.25) is 0 Å². The molecule has 0 N–H and O–H groups in total. The van der Waals surface area contributed by atoms with Crippen LogP contribution in [0.5, 0.6) is 23.0 Å². The molecule has 0 amide bonds. The number of fused-ring (bicyclic) bond motifs is 1. The van der Waals surface area contributed by atoms with Crippen molar-refractivity contribution in [3.8, 4) is 64.9 Å². The van der Waals surface area contributed by atoms with Crippen molar-refractivity contribution in [3.63, 3.8) is 0 Å². The number of benzene rings is 2. The fourth-order valence-corrected chi connectivity index (χ4v) is 6.86. The molecule has 12 heteroatoms. The molecule has 44 heavy (non-hydrogen) atoms. The van der Waals surface area contributed by atoms with Crippen LogP contribution >= 0.6 is 22.7 Å². The Morgan fingerprint density at radius 1 is 0.682 bits per heavy atom. The third-order valence-corrected chi connectivity index (χ3v) is 9.20. The van der Waals surface area contributed by atoms with Crippen molar-refractivity contribution in [2.24, 2.45) is 0 Å². The number of hydrogen-bond acceptors (Lipinski definition) is 12. The molecule has 2 aromatic carbocycles. The van der Waals surface area contributed by atoms with Crippen molar-refractivity contribution < 1.29 is 33.1 Å². The van der Waals surface area contributed by atoms with Gasteiger partial charge in [-0.25, -0.2) is 14.4 Å². The number of nitrogens with zero attached hydrogens (tertiary/aromatic N) is 3. The number of pyridine rings is 1. The van der Waals surface area contributed by atoms with Crippen LogP contribution in [0.4, 0.5) is 0 Å². The van der Waals surface area contributed by atoms with E-state index in [0.29, 0.717) is 45.3 Å². The van der Waals surface area contributed by atoms with Gasteiger partial charge in [-0.1, -0.05) is 0 Å². The number of thiophene rings is 2. The summed E-state index contributed by atoms with van der Waals surface area (Å²) in [5, 5.41) is 8.44. The van der Waals surface area contributed by atoms with Crippen LogP contribution in [0.1, 0.15) is 17.4 Å². The van der Waals surface area contributed by atoms with E-state index in [1.54, 1.807) is 35.4 Å². The summed E-state index contributed by atoms with van der Waals surface area (Å²) in [6.45, 7) is 1.94. The van der Waals surface area contributed by atoms with Crippen LogP contribution < -0.4 is 18.9 Å². The second kappa shape index (κ2) is 12.3. The predicted molar refractivity (Wildman–Crippen MR) is 169 cm³/mol. The molecule has 0 aliphatic heterocycles. The van der Waals surface area contributed by atoms with Gasteiger partial charge >= 0.3 is 5.97 Å². The third kappa shape index (κ3) is 5.22. The zero-order chi connectivity index (χ0) is 30.8. The van der Waals surface area contributed by atoms with E-state index in [-0.39, 0.29) is 12.3 Å². The summed E-state index contributed by atoms with van der Waals surface area (Å²) in [4.78, 5) is 21.7. The molecule has 4 aromatic heterocycles. The molecule has 6 rings (SSSR count). The van der Waals surface area contributed by atoms with Crippen LogP contribution in [-0.2, 0) is 4.74 Å². The average Bonchev–Trinajstić information content (AvgIpc) is 3.85. The molecule has 0 spiro atoms. The Hall–Kier alpha value is -4.94. The van der Waals surface area contributed by atoms with Crippen LogP contribution in [0.3, 0.4) is 0 Å². The summed E-state index contributed by atoms with van der Waals surface area (Å²) in [7, 11) is 6.39. The number of esters is 1. The van der Waals surface area contributed by atoms with E-state index in [2.05, 4.69) is 10.3 Å². The van der Waals surface area contributed by atoms with Gasteiger partial charge in [0.15, 0.2) is 34.2 Å². The summed E-state index contributed by atoms with van der Waals surface area (Å²) >= 11 is 2.97. The van der Waals surface area contributed by atoms with Gasteiger partial charge in [0.1, 0.15) is 11.2 Å². The van der Waals surface area contributed by atoms with Crippen LogP contribution in [-0.4, -0.2) is 56.3 Å². The van der Waals surface area contributed by atoms with Gasteiger partial charge in [0.2, 0.25) is 0 Å². The van der Waals surface area contributed by atoms with Gasteiger partial charge in [0.25, 0.3) is 0 Å². The molecule has 0 saturated heterocycles. The lowest BCUT2D eigenvalue weighted by atomic mass is 10.1. The molecule has 0 radical (unpaired) electrons. The highest BCUT2D eigenvalue weighted by Crippen LogP contribution is 2.44. The van der Waals surface area contributed by atoms with Crippen molar-refractivity contribution >= 4 is 39.7 Å². The largest absolute Gasteiger partial charge is 0.493 e. The molecule has 6 aromatic rings.